The van der Waals surface area contributed by atoms with Gasteiger partial charge in [0.1, 0.15) is 5.60 Å². The van der Waals surface area contributed by atoms with E-state index in [2.05, 4.69) is 23.9 Å². The molecule has 0 aromatic rings. The van der Waals surface area contributed by atoms with Crippen molar-refractivity contribution < 1.29 is 9.53 Å². The highest BCUT2D eigenvalue weighted by Crippen LogP contribution is 2.20. The standard InChI is InChI=1S/C13H25N3O2/c1-6-10(2)7-11(9-15-16-14)8-12(17)18-13(3,4)5/h10-11H,6-9H2,1-5H3. The van der Waals surface area contributed by atoms with Crippen LogP contribution in [0.4, 0.5) is 0 Å². The fourth-order valence-electron chi connectivity index (χ4n) is 1.73. The van der Waals surface area contributed by atoms with Crippen LogP contribution < -0.4 is 0 Å². The molecule has 0 rings (SSSR count). The molecule has 0 amide bonds. The second kappa shape index (κ2) is 7.98. The van der Waals surface area contributed by atoms with Crippen molar-refractivity contribution in [1.29, 1.82) is 0 Å². The number of azide groups is 1. The summed E-state index contributed by atoms with van der Waals surface area (Å²) < 4.78 is 5.29. The van der Waals surface area contributed by atoms with Crippen molar-refractivity contribution in [2.45, 2.75) is 59.5 Å². The molecular weight excluding hydrogens is 230 g/mol. The van der Waals surface area contributed by atoms with E-state index in [1.54, 1.807) is 0 Å². The lowest BCUT2D eigenvalue weighted by Gasteiger charge is -2.22. The van der Waals surface area contributed by atoms with E-state index in [0.29, 0.717) is 18.9 Å². The summed E-state index contributed by atoms with van der Waals surface area (Å²) in [5, 5.41) is 3.58. The van der Waals surface area contributed by atoms with Gasteiger partial charge in [-0.3, -0.25) is 4.79 Å². The average Bonchev–Trinajstić information content (AvgIpc) is 2.22. The van der Waals surface area contributed by atoms with Crippen LogP contribution in [0.5, 0.6) is 0 Å². The number of esters is 1. The Morgan fingerprint density at radius 2 is 2.06 bits per heavy atom. The Kier molecular flexibility index (Phi) is 7.44. The van der Waals surface area contributed by atoms with Crippen molar-refractivity contribution in [2.75, 3.05) is 6.54 Å². The third-order valence-electron chi connectivity index (χ3n) is 2.71. The number of rotatable bonds is 7. The lowest BCUT2D eigenvalue weighted by atomic mass is 9.91. The number of hydrogen-bond donors (Lipinski definition) is 0. The van der Waals surface area contributed by atoms with E-state index in [9.17, 15) is 4.79 Å². The molecule has 0 saturated heterocycles. The van der Waals surface area contributed by atoms with E-state index < -0.39 is 5.60 Å². The van der Waals surface area contributed by atoms with Crippen LogP contribution in [0.15, 0.2) is 5.11 Å². The van der Waals surface area contributed by atoms with Gasteiger partial charge in [-0.2, -0.15) is 0 Å². The highest BCUT2D eigenvalue weighted by molar-refractivity contribution is 5.70. The van der Waals surface area contributed by atoms with Crippen LogP contribution in [-0.2, 0) is 9.53 Å². The Bertz CT molecular complexity index is 304. The fraction of sp³-hybridized carbons (Fsp3) is 0.923. The predicted molar refractivity (Wildman–Crippen MR) is 72.0 cm³/mol. The molecular formula is C13H25N3O2. The minimum atomic E-state index is -0.462. The molecule has 18 heavy (non-hydrogen) atoms. The first-order valence-corrected chi connectivity index (χ1v) is 6.51. The summed E-state index contributed by atoms with van der Waals surface area (Å²) in [6, 6.07) is 0. The van der Waals surface area contributed by atoms with Crippen LogP contribution in [0.25, 0.3) is 10.4 Å². The normalized spacial score (nSPS) is 14.5. The Morgan fingerprint density at radius 1 is 1.44 bits per heavy atom. The van der Waals surface area contributed by atoms with E-state index in [1.807, 2.05) is 20.8 Å². The maximum atomic E-state index is 11.7. The molecule has 0 aliphatic carbocycles. The first-order chi connectivity index (χ1) is 8.28. The largest absolute Gasteiger partial charge is 0.460 e. The van der Waals surface area contributed by atoms with Crippen molar-refractivity contribution in [2.24, 2.45) is 17.0 Å². The van der Waals surface area contributed by atoms with E-state index in [-0.39, 0.29) is 11.9 Å². The molecule has 0 aromatic heterocycles. The molecule has 0 aliphatic rings. The Balaban J connectivity index is 4.38. The Morgan fingerprint density at radius 3 is 2.50 bits per heavy atom. The molecule has 5 heteroatoms. The second-order valence-electron chi connectivity index (χ2n) is 5.82. The lowest BCUT2D eigenvalue weighted by Crippen LogP contribution is -2.26. The van der Waals surface area contributed by atoms with Crippen molar-refractivity contribution in [3.8, 4) is 0 Å². The van der Waals surface area contributed by atoms with Crippen molar-refractivity contribution in [1.82, 2.24) is 0 Å². The third-order valence-corrected chi connectivity index (χ3v) is 2.71. The molecule has 0 aromatic carbocycles. The van der Waals surface area contributed by atoms with E-state index in [1.165, 1.54) is 0 Å². The minimum absolute atomic E-state index is 0.0747. The minimum Gasteiger partial charge on any atom is -0.460 e. The monoisotopic (exact) mass is 255 g/mol. The molecule has 2 unspecified atom stereocenters. The van der Waals surface area contributed by atoms with Crippen LogP contribution in [0.2, 0.25) is 0 Å². The number of carbonyl (C=O) groups excluding carboxylic acids is 1. The van der Waals surface area contributed by atoms with Crippen molar-refractivity contribution in [3.63, 3.8) is 0 Å². The molecule has 0 spiro atoms. The maximum absolute atomic E-state index is 11.7. The van der Waals surface area contributed by atoms with Crippen LogP contribution >= 0.6 is 0 Å². The molecule has 0 bridgehead atoms. The summed E-state index contributed by atoms with van der Waals surface area (Å²) in [5.41, 5.74) is 7.91. The molecule has 0 saturated carbocycles. The quantitative estimate of drug-likeness (QED) is 0.297. The zero-order valence-electron chi connectivity index (χ0n) is 12.1. The van der Waals surface area contributed by atoms with Crippen molar-refractivity contribution >= 4 is 5.97 Å². The smallest absolute Gasteiger partial charge is 0.306 e. The van der Waals surface area contributed by atoms with Gasteiger partial charge in [0.2, 0.25) is 0 Å². The van der Waals surface area contributed by atoms with Gasteiger partial charge in [-0.25, -0.2) is 0 Å². The van der Waals surface area contributed by atoms with Gasteiger partial charge >= 0.3 is 5.97 Å². The first kappa shape index (κ1) is 16.8. The third kappa shape index (κ3) is 8.88. The van der Waals surface area contributed by atoms with Gasteiger partial charge in [-0.05, 0) is 44.6 Å². The zero-order valence-corrected chi connectivity index (χ0v) is 12.1. The van der Waals surface area contributed by atoms with Gasteiger partial charge < -0.3 is 4.74 Å². The number of hydrogen-bond acceptors (Lipinski definition) is 3. The van der Waals surface area contributed by atoms with Crippen LogP contribution in [-0.4, -0.2) is 18.1 Å². The molecule has 0 fully saturated rings. The number of carbonyl (C=O) groups is 1. The first-order valence-electron chi connectivity index (χ1n) is 6.51. The Labute approximate surface area is 110 Å². The van der Waals surface area contributed by atoms with E-state index in [4.69, 9.17) is 10.3 Å². The molecule has 0 aliphatic heterocycles. The van der Waals surface area contributed by atoms with Gasteiger partial charge in [0.25, 0.3) is 0 Å². The van der Waals surface area contributed by atoms with Crippen LogP contribution in [0.3, 0.4) is 0 Å². The van der Waals surface area contributed by atoms with Gasteiger partial charge in [0.15, 0.2) is 0 Å². The topological polar surface area (TPSA) is 75.1 Å². The summed E-state index contributed by atoms with van der Waals surface area (Å²) in [6.45, 7) is 10.2. The summed E-state index contributed by atoms with van der Waals surface area (Å²) in [6.07, 6.45) is 2.26. The number of nitrogens with zero attached hydrogens (tertiary/aromatic N) is 3. The second-order valence-corrected chi connectivity index (χ2v) is 5.82. The van der Waals surface area contributed by atoms with Crippen molar-refractivity contribution in [3.05, 3.63) is 10.4 Å². The maximum Gasteiger partial charge on any atom is 0.306 e. The SMILES string of the molecule is CCC(C)CC(CN=[N+]=[N-])CC(=O)OC(C)(C)C. The van der Waals surface area contributed by atoms with Crippen LogP contribution in [0.1, 0.15) is 53.9 Å². The molecule has 0 N–H and O–H groups in total. The molecule has 5 nitrogen and oxygen atoms in total. The highest BCUT2D eigenvalue weighted by Gasteiger charge is 2.21. The van der Waals surface area contributed by atoms with Gasteiger partial charge in [0, 0.05) is 17.9 Å². The average molecular weight is 255 g/mol. The molecule has 0 radical (unpaired) electrons. The van der Waals surface area contributed by atoms with Gasteiger partial charge in [-0.15, -0.1) is 0 Å². The van der Waals surface area contributed by atoms with E-state index in [0.717, 1.165) is 12.8 Å². The van der Waals surface area contributed by atoms with Crippen LogP contribution in [0, 0.1) is 11.8 Å². The van der Waals surface area contributed by atoms with Gasteiger partial charge in [0.05, 0.1) is 0 Å². The zero-order chi connectivity index (χ0) is 14.2. The molecule has 104 valence electrons. The van der Waals surface area contributed by atoms with E-state index >= 15 is 0 Å². The Hall–Kier alpha value is -1.22. The fourth-order valence-corrected chi connectivity index (χ4v) is 1.73. The predicted octanol–water partition coefficient (Wildman–Crippen LogP) is 4.08. The summed E-state index contributed by atoms with van der Waals surface area (Å²) in [5.74, 6) is 0.376. The summed E-state index contributed by atoms with van der Waals surface area (Å²) in [7, 11) is 0. The summed E-state index contributed by atoms with van der Waals surface area (Å²) >= 11 is 0. The molecule has 0 heterocycles. The lowest BCUT2D eigenvalue weighted by molar-refractivity contribution is -0.156. The summed E-state index contributed by atoms with van der Waals surface area (Å²) in [4.78, 5) is 14.5. The number of ether oxygens (including phenoxy) is 1. The highest BCUT2D eigenvalue weighted by atomic mass is 16.6. The molecule has 2 atom stereocenters. The van der Waals surface area contributed by atoms with Gasteiger partial charge in [-0.1, -0.05) is 25.4 Å².